The van der Waals surface area contributed by atoms with Crippen molar-refractivity contribution in [1.82, 2.24) is 14.8 Å². The summed E-state index contributed by atoms with van der Waals surface area (Å²) in [6.45, 7) is 4.10. The molecule has 0 fully saturated rings. The third kappa shape index (κ3) is 3.30. The zero-order chi connectivity index (χ0) is 17.2. The van der Waals surface area contributed by atoms with E-state index in [1.54, 1.807) is 11.8 Å². The molecule has 0 N–H and O–H groups in total. The summed E-state index contributed by atoms with van der Waals surface area (Å²) in [6.07, 6.45) is 0. The average Bonchev–Trinajstić information content (AvgIpc) is 3.00. The van der Waals surface area contributed by atoms with Gasteiger partial charge in [0.2, 0.25) is 0 Å². The molecular weight excluding hydrogens is 326 g/mol. The van der Waals surface area contributed by atoms with Gasteiger partial charge in [0.15, 0.2) is 5.16 Å². The van der Waals surface area contributed by atoms with E-state index < -0.39 is 0 Å². The van der Waals surface area contributed by atoms with Crippen LogP contribution in [0.1, 0.15) is 17.0 Å². The maximum Gasteiger partial charge on any atom is 0.196 e. The van der Waals surface area contributed by atoms with Crippen molar-refractivity contribution in [3.05, 3.63) is 83.7 Å². The van der Waals surface area contributed by atoms with E-state index in [-0.39, 0.29) is 0 Å². The van der Waals surface area contributed by atoms with Crippen molar-refractivity contribution in [3.8, 4) is 5.69 Å². The number of hydrogen-bond acceptors (Lipinski definition) is 3. The molecule has 25 heavy (non-hydrogen) atoms. The SMILES string of the molecule is Cc1cccc(-n2c(C)nnc2SCc2ccc3ccccc3c2)c1. The van der Waals surface area contributed by atoms with Gasteiger partial charge in [-0.3, -0.25) is 4.57 Å². The maximum atomic E-state index is 4.38. The molecule has 0 radical (unpaired) electrons. The Morgan fingerprint density at radius 2 is 1.68 bits per heavy atom. The number of benzene rings is 3. The highest BCUT2D eigenvalue weighted by molar-refractivity contribution is 7.98. The summed E-state index contributed by atoms with van der Waals surface area (Å²) in [6, 6.07) is 23.5. The van der Waals surface area contributed by atoms with Crippen molar-refractivity contribution >= 4 is 22.5 Å². The Labute approximate surface area is 151 Å². The normalized spacial score (nSPS) is 11.1. The van der Waals surface area contributed by atoms with E-state index in [4.69, 9.17) is 0 Å². The van der Waals surface area contributed by atoms with Gasteiger partial charge in [0.25, 0.3) is 0 Å². The Bertz CT molecular complexity index is 1040. The van der Waals surface area contributed by atoms with Gasteiger partial charge in [-0.2, -0.15) is 0 Å². The first-order chi connectivity index (χ1) is 12.2. The molecule has 124 valence electrons. The number of aromatic nitrogens is 3. The van der Waals surface area contributed by atoms with Crippen LogP contribution in [0.2, 0.25) is 0 Å². The zero-order valence-corrected chi connectivity index (χ0v) is 15.1. The molecule has 0 aliphatic rings. The van der Waals surface area contributed by atoms with E-state index >= 15 is 0 Å². The van der Waals surface area contributed by atoms with Gasteiger partial charge in [0, 0.05) is 11.4 Å². The molecule has 4 aromatic rings. The van der Waals surface area contributed by atoms with Crippen LogP contribution in [0.3, 0.4) is 0 Å². The number of thioether (sulfide) groups is 1. The van der Waals surface area contributed by atoms with Gasteiger partial charge >= 0.3 is 0 Å². The van der Waals surface area contributed by atoms with Crippen LogP contribution in [0, 0.1) is 13.8 Å². The van der Waals surface area contributed by atoms with Crippen molar-refractivity contribution < 1.29 is 0 Å². The lowest BCUT2D eigenvalue weighted by Crippen LogP contribution is -1.99. The first kappa shape index (κ1) is 15.9. The lowest BCUT2D eigenvalue weighted by Gasteiger charge is -2.09. The van der Waals surface area contributed by atoms with E-state index in [9.17, 15) is 0 Å². The Balaban J connectivity index is 1.61. The first-order valence-corrected chi connectivity index (χ1v) is 9.29. The van der Waals surface area contributed by atoms with Gasteiger partial charge in [-0.15, -0.1) is 10.2 Å². The van der Waals surface area contributed by atoms with Crippen LogP contribution in [0.4, 0.5) is 0 Å². The maximum absolute atomic E-state index is 4.38. The lowest BCUT2D eigenvalue weighted by atomic mass is 10.1. The summed E-state index contributed by atoms with van der Waals surface area (Å²) >= 11 is 1.72. The van der Waals surface area contributed by atoms with Crippen molar-refractivity contribution in [3.63, 3.8) is 0 Å². The lowest BCUT2D eigenvalue weighted by molar-refractivity contribution is 0.867. The highest BCUT2D eigenvalue weighted by Crippen LogP contribution is 2.26. The second-order valence-corrected chi connectivity index (χ2v) is 7.12. The molecule has 4 rings (SSSR count). The molecule has 4 heteroatoms. The summed E-state index contributed by atoms with van der Waals surface area (Å²) in [5, 5.41) is 12.1. The quantitative estimate of drug-likeness (QED) is 0.468. The molecule has 0 spiro atoms. The van der Waals surface area contributed by atoms with Gasteiger partial charge in [0.1, 0.15) is 5.82 Å². The van der Waals surface area contributed by atoms with E-state index in [2.05, 4.69) is 88.4 Å². The molecule has 1 heterocycles. The predicted molar refractivity (Wildman–Crippen MR) is 104 cm³/mol. The Hall–Kier alpha value is -2.59. The Morgan fingerprint density at radius 3 is 2.52 bits per heavy atom. The second-order valence-electron chi connectivity index (χ2n) is 6.17. The fourth-order valence-electron chi connectivity index (χ4n) is 2.98. The van der Waals surface area contributed by atoms with Crippen molar-refractivity contribution in [1.29, 1.82) is 0 Å². The minimum atomic E-state index is 0.870. The molecule has 0 unspecified atom stereocenters. The summed E-state index contributed by atoms with van der Waals surface area (Å²) in [7, 11) is 0. The highest BCUT2D eigenvalue weighted by atomic mass is 32.2. The molecule has 1 aromatic heterocycles. The van der Waals surface area contributed by atoms with Gasteiger partial charge in [-0.25, -0.2) is 0 Å². The largest absolute Gasteiger partial charge is 0.274 e. The molecule has 0 aliphatic carbocycles. The minimum Gasteiger partial charge on any atom is -0.274 e. The molecule has 0 bridgehead atoms. The summed E-state index contributed by atoms with van der Waals surface area (Å²) in [4.78, 5) is 0. The molecule has 0 amide bonds. The van der Waals surface area contributed by atoms with Crippen LogP contribution < -0.4 is 0 Å². The number of fused-ring (bicyclic) bond motifs is 1. The second kappa shape index (κ2) is 6.73. The van der Waals surface area contributed by atoms with E-state index in [1.807, 2.05) is 6.92 Å². The summed E-state index contributed by atoms with van der Waals surface area (Å²) in [5.41, 5.74) is 3.64. The highest BCUT2D eigenvalue weighted by Gasteiger charge is 2.12. The third-order valence-electron chi connectivity index (χ3n) is 4.24. The van der Waals surface area contributed by atoms with Crippen LogP contribution in [0.5, 0.6) is 0 Å². The zero-order valence-electron chi connectivity index (χ0n) is 14.3. The fraction of sp³-hybridized carbons (Fsp3) is 0.143. The minimum absolute atomic E-state index is 0.870. The Morgan fingerprint density at radius 1 is 0.840 bits per heavy atom. The third-order valence-corrected chi connectivity index (χ3v) is 5.24. The van der Waals surface area contributed by atoms with Crippen LogP contribution in [0.25, 0.3) is 16.5 Å². The summed E-state index contributed by atoms with van der Waals surface area (Å²) < 4.78 is 2.12. The number of nitrogens with zero attached hydrogens (tertiary/aromatic N) is 3. The number of hydrogen-bond donors (Lipinski definition) is 0. The van der Waals surface area contributed by atoms with Crippen molar-refractivity contribution in [2.75, 3.05) is 0 Å². The van der Waals surface area contributed by atoms with E-state index in [0.29, 0.717) is 0 Å². The monoisotopic (exact) mass is 345 g/mol. The van der Waals surface area contributed by atoms with E-state index in [1.165, 1.54) is 21.9 Å². The van der Waals surface area contributed by atoms with Crippen LogP contribution in [-0.2, 0) is 5.75 Å². The molecule has 0 saturated heterocycles. The molecule has 3 nitrogen and oxygen atoms in total. The predicted octanol–water partition coefficient (Wildman–Crippen LogP) is 5.33. The van der Waals surface area contributed by atoms with Gasteiger partial charge in [-0.1, -0.05) is 66.4 Å². The first-order valence-electron chi connectivity index (χ1n) is 8.30. The molecule has 0 saturated carbocycles. The van der Waals surface area contributed by atoms with Gasteiger partial charge < -0.3 is 0 Å². The molecule has 0 aliphatic heterocycles. The molecule has 3 aromatic carbocycles. The number of aryl methyl sites for hydroxylation is 2. The van der Waals surface area contributed by atoms with E-state index in [0.717, 1.165) is 22.4 Å². The topological polar surface area (TPSA) is 30.7 Å². The smallest absolute Gasteiger partial charge is 0.196 e. The molecule has 0 atom stereocenters. The van der Waals surface area contributed by atoms with Crippen molar-refractivity contribution in [2.24, 2.45) is 0 Å². The average molecular weight is 345 g/mol. The fourth-order valence-corrected chi connectivity index (χ4v) is 3.92. The number of rotatable bonds is 4. The van der Waals surface area contributed by atoms with Gasteiger partial charge in [-0.05, 0) is 47.9 Å². The molecular formula is C21H19N3S. The van der Waals surface area contributed by atoms with Crippen molar-refractivity contribution in [2.45, 2.75) is 24.8 Å². The standard InChI is InChI=1S/C21H19N3S/c1-15-6-5-9-20(12-15)24-16(2)22-23-21(24)25-14-17-10-11-18-7-3-4-8-19(18)13-17/h3-13H,14H2,1-2H3. The van der Waals surface area contributed by atoms with Crippen LogP contribution in [-0.4, -0.2) is 14.8 Å². The van der Waals surface area contributed by atoms with Crippen LogP contribution >= 0.6 is 11.8 Å². The summed E-state index contributed by atoms with van der Waals surface area (Å²) in [5.74, 6) is 1.78. The Kier molecular flexibility index (Phi) is 4.28. The van der Waals surface area contributed by atoms with Crippen LogP contribution in [0.15, 0.2) is 71.9 Å². The van der Waals surface area contributed by atoms with Gasteiger partial charge in [0.05, 0.1) is 0 Å².